The van der Waals surface area contributed by atoms with Gasteiger partial charge in [0.2, 0.25) is 5.91 Å². The molecule has 3 nitrogen and oxygen atoms in total. The first-order chi connectivity index (χ1) is 11.6. The average molecular weight is 316 g/mol. The summed E-state index contributed by atoms with van der Waals surface area (Å²) in [5.74, 6) is -0.137. The number of carbonyl (C=O) groups excluding carboxylic acids is 1. The fraction of sp³-hybridized carbons (Fsp3) is 0.0952. The van der Waals surface area contributed by atoms with Gasteiger partial charge in [-0.2, -0.15) is 0 Å². The summed E-state index contributed by atoms with van der Waals surface area (Å²) in [4.78, 5) is 14.1. The zero-order valence-electron chi connectivity index (χ0n) is 13.9. The Hall–Kier alpha value is -3.07. The van der Waals surface area contributed by atoms with Gasteiger partial charge in [-0.05, 0) is 46.7 Å². The Bertz CT molecular complexity index is 880. The van der Waals surface area contributed by atoms with E-state index in [1.54, 1.807) is 6.08 Å². The lowest BCUT2D eigenvalue weighted by molar-refractivity contribution is -0.111. The van der Waals surface area contributed by atoms with Crippen molar-refractivity contribution < 1.29 is 4.79 Å². The molecule has 0 aliphatic heterocycles. The first-order valence-corrected chi connectivity index (χ1v) is 7.87. The topological polar surface area (TPSA) is 32.3 Å². The van der Waals surface area contributed by atoms with Gasteiger partial charge in [0.15, 0.2) is 0 Å². The van der Waals surface area contributed by atoms with Gasteiger partial charge < -0.3 is 10.2 Å². The number of benzene rings is 3. The van der Waals surface area contributed by atoms with Crippen molar-refractivity contribution in [3.05, 3.63) is 78.4 Å². The van der Waals surface area contributed by atoms with Crippen molar-refractivity contribution in [2.75, 3.05) is 24.3 Å². The Morgan fingerprint density at radius 2 is 1.62 bits per heavy atom. The van der Waals surface area contributed by atoms with E-state index in [9.17, 15) is 4.79 Å². The maximum absolute atomic E-state index is 12.1. The summed E-state index contributed by atoms with van der Waals surface area (Å²) in [6.07, 6.45) is 3.37. The predicted molar refractivity (Wildman–Crippen MR) is 102 cm³/mol. The van der Waals surface area contributed by atoms with Gasteiger partial charge >= 0.3 is 0 Å². The van der Waals surface area contributed by atoms with E-state index in [1.165, 1.54) is 0 Å². The van der Waals surface area contributed by atoms with Crippen LogP contribution >= 0.6 is 0 Å². The Morgan fingerprint density at radius 1 is 0.917 bits per heavy atom. The van der Waals surface area contributed by atoms with Gasteiger partial charge in [-0.3, -0.25) is 4.79 Å². The number of nitrogens with zero attached hydrogens (tertiary/aromatic N) is 1. The molecule has 3 aromatic carbocycles. The van der Waals surface area contributed by atoms with Crippen molar-refractivity contribution >= 4 is 34.1 Å². The molecular weight excluding hydrogens is 296 g/mol. The molecule has 3 aromatic rings. The van der Waals surface area contributed by atoms with Crippen LogP contribution in [0.15, 0.2) is 72.8 Å². The second kappa shape index (κ2) is 7.01. The van der Waals surface area contributed by atoms with Gasteiger partial charge in [0.1, 0.15) is 0 Å². The number of carbonyl (C=O) groups is 1. The zero-order valence-corrected chi connectivity index (χ0v) is 13.9. The Morgan fingerprint density at radius 3 is 2.33 bits per heavy atom. The minimum atomic E-state index is -0.137. The molecule has 0 atom stereocenters. The molecule has 24 heavy (non-hydrogen) atoms. The van der Waals surface area contributed by atoms with Crippen molar-refractivity contribution in [1.29, 1.82) is 0 Å². The highest BCUT2D eigenvalue weighted by Crippen LogP contribution is 2.19. The lowest BCUT2D eigenvalue weighted by Gasteiger charge is -2.11. The number of fused-ring (bicyclic) bond motifs is 1. The number of hydrogen-bond acceptors (Lipinski definition) is 2. The molecule has 0 saturated heterocycles. The fourth-order valence-corrected chi connectivity index (χ4v) is 2.51. The van der Waals surface area contributed by atoms with E-state index in [0.29, 0.717) is 0 Å². The molecular formula is C21H20N2O. The predicted octanol–water partition coefficient (Wildman–Crippen LogP) is 4.56. The first-order valence-electron chi connectivity index (χ1n) is 7.87. The standard InChI is InChI=1S/C21H20N2O/c1-23(2)20-12-7-16(8-13-20)9-14-21(24)22-19-11-10-17-5-3-4-6-18(17)15-19/h3-15H,1-2H3,(H,22,24)/b14-9+. The highest BCUT2D eigenvalue weighted by atomic mass is 16.1. The highest BCUT2D eigenvalue weighted by Gasteiger charge is 2.00. The molecule has 0 bridgehead atoms. The molecule has 1 amide bonds. The molecule has 0 spiro atoms. The quantitative estimate of drug-likeness (QED) is 0.716. The fourth-order valence-electron chi connectivity index (χ4n) is 2.51. The van der Waals surface area contributed by atoms with E-state index in [2.05, 4.69) is 11.4 Å². The third-order valence-electron chi connectivity index (χ3n) is 3.85. The van der Waals surface area contributed by atoms with E-state index < -0.39 is 0 Å². The van der Waals surface area contributed by atoms with Gasteiger partial charge in [-0.25, -0.2) is 0 Å². The van der Waals surface area contributed by atoms with Crippen LogP contribution in [-0.4, -0.2) is 20.0 Å². The number of rotatable bonds is 4. The van der Waals surface area contributed by atoms with Crippen molar-refractivity contribution in [3.8, 4) is 0 Å². The van der Waals surface area contributed by atoms with Crippen LogP contribution in [0.4, 0.5) is 11.4 Å². The summed E-state index contributed by atoms with van der Waals surface area (Å²) in [6.45, 7) is 0. The van der Waals surface area contributed by atoms with Crippen LogP contribution in [0.5, 0.6) is 0 Å². The van der Waals surface area contributed by atoms with E-state index in [0.717, 1.165) is 27.7 Å². The van der Waals surface area contributed by atoms with Crippen LogP contribution in [0.1, 0.15) is 5.56 Å². The van der Waals surface area contributed by atoms with Crippen molar-refractivity contribution in [2.45, 2.75) is 0 Å². The number of nitrogens with one attached hydrogen (secondary N) is 1. The number of anilines is 2. The second-order valence-corrected chi connectivity index (χ2v) is 5.87. The molecule has 120 valence electrons. The minimum Gasteiger partial charge on any atom is -0.378 e. The summed E-state index contributed by atoms with van der Waals surface area (Å²) >= 11 is 0. The summed E-state index contributed by atoms with van der Waals surface area (Å²) in [5.41, 5.74) is 2.92. The van der Waals surface area contributed by atoms with Crippen molar-refractivity contribution in [3.63, 3.8) is 0 Å². The summed E-state index contributed by atoms with van der Waals surface area (Å²) < 4.78 is 0. The van der Waals surface area contributed by atoms with Crippen LogP contribution < -0.4 is 10.2 Å². The number of amides is 1. The Balaban J connectivity index is 1.67. The number of hydrogen-bond donors (Lipinski definition) is 1. The molecule has 0 radical (unpaired) electrons. The van der Waals surface area contributed by atoms with Gasteiger partial charge in [-0.15, -0.1) is 0 Å². The van der Waals surface area contributed by atoms with E-state index in [1.807, 2.05) is 85.7 Å². The van der Waals surface area contributed by atoms with Crippen LogP contribution in [0, 0.1) is 0 Å². The van der Waals surface area contributed by atoms with E-state index >= 15 is 0 Å². The third-order valence-corrected chi connectivity index (χ3v) is 3.85. The smallest absolute Gasteiger partial charge is 0.248 e. The van der Waals surface area contributed by atoms with Crippen LogP contribution in [0.2, 0.25) is 0 Å². The lowest BCUT2D eigenvalue weighted by atomic mass is 10.1. The average Bonchev–Trinajstić information content (AvgIpc) is 2.60. The second-order valence-electron chi connectivity index (χ2n) is 5.87. The SMILES string of the molecule is CN(C)c1ccc(/C=C/C(=O)Nc2ccc3ccccc3c2)cc1. The van der Waals surface area contributed by atoms with E-state index in [4.69, 9.17) is 0 Å². The Labute approximate surface area is 142 Å². The van der Waals surface area contributed by atoms with Gasteiger partial charge in [0, 0.05) is 31.5 Å². The van der Waals surface area contributed by atoms with Gasteiger partial charge in [0.25, 0.3) is 0 Å². The molecule has 3 heteroatoms. The highest BCUT2D eigenvalue weighted by molar-refractivity contribution is 6.03. The normalized spacial score (nSPS) is 10.9. The molecule has 0 saturated carbocycles. The molecule has 3 rings (SSSR count). The van der Waals surface area contributed by atoms with Crippen molar-refractivity contribution in [2.24, 2.45) is 0 Å². The first kappa shape index (κ1) is 15.8. The monoisotopic (exact) mass is 316 g/mol. The summed E-state index contributed by atoms with van der Waals surface area (Å²) in [7, 11) is 4.00. The lowest BCUT2D eigenvalue weighted by Crippen LogP contribution is -2.08. The van der Waals surface area contributed by atoms with Crippen molar-refractivity contribution in [1.82, 2.24) is 0 Å². The molecule has 0 unspecified atom stereocenters. The summed E-state index contributed by atoms with van der Waals surface area (Å²) in [5, 5.41) is 5.17. The molecule has 0 aliphatic carbocycles. The molecule has 0 fully saturated rings. The largest absolute Gasteiger partial charge is 0.378 e. The molecule has 0 aliphatic rings. The van der Waals surface area contributed by atoms with Crippen LogP contribution in [-0.2, 0) is 4.79 Å². The molecule has 0 aromatic heterocycles. The molecule has 1 N–H and O–H groups in total. The Kier molecular flexibility index (Phi) is 4.62. The van der Waals surface area contributed by atoms with Crippen LogP contribution in [0.25, 0.3) is 16.8 Å². The molecule has 0 heterocycles. The summed E-state index contributed by atoms with van der Waals surface area (Å²) in [6, 6.07) is 22.0. The van der Waals surface area contributed by atoms with Gasteiger partial charge in [0.05, 0.1) is 0 Å². The van der Waals surface area contributed by atoms with Gasteiger partial charge in [-0.1, -0.05) is 42.5 Å². The third kappa shape index (κ3) is 3.82. The maximum atomic E-state index is 12.1. The zero-order chi connectivity index (χ0) is 16.9. The maximum Gasteiger partial charge on any atom is 0.248 e. The van der Waals surface area contributed by atoms with E-state index in [-0.39, 0.29) is 5.91 Å². The van der Waals surface area contributed by atoms with Crippen LogP contribution in [0.3, 0.4) is 0 Å². The minimum absolute atomic E-state index is 0.137.